The highest BCUT2D eigenvalue weighted by molar-refractivity contribution is 5.51. The molecular weight excluding hydrogens is 168 g/mol. The molecule has 0 aliphatic rings. The molecule has 3 N–H and O–H groups in total. The van der Waals surface area contributed by atoms with E-state index >= 15 is 0 Å². The normalized spacial score (nSPS) is 10.5. The lowest BCUT2D eigenvalue weighted by molar-refractivity contribution is 0.568. The van der Waals surface area contributed by atoms with Crippen molar-refractivity contribution in [2.75, 3.05) is 6.54 Å². The number of furan rings is 1. The summed E-state index contributed by atoms with van der Waals surface area (Å²) in [6.45, 7) is 0.569. The van der Waals surface area contributed by atoms with E-state index in [0.717, 1.165) is 11.4 Å². The lowest BCUT2D eigenvalue weighted by Crippen LogP contribution is -2.03. The van der Waals surface area contributed by atoms with Crippen LogP contribution < -0.4 is 5.73 Å². The highest BCUT2D eigenvalue weighted by Gasteiger charge is 2.05. The van der Waals surface area contributed by atoms with Crippen LogP contribution in [0.15, 0.2) is 23.0 Å². The van der Waals surface area contributed by atoms with E-state index in [1.54, 1.807) is 12.5 Å². The van der Waals surface area contributed by atoms with Gasteiger partial charge in [-0.1, -0.05) is 0 Å². The molecule has 0 saturated carbocycles. The molecule has 5 heteroatoms. The Morgan fingerprint density at radius 1 is 1.54 bits per heavy atom. The Labute approximate surface area is 75.0 Å². The molecule has 0 aromatic carbocycles. The van der Waals surface area contributed by atoms with Crippen molar-refractivity contribution in [2.24, 2.45) is 5.73 Å². The van der Waals surface area contributed by atoms with Crippen LogP contribution in [-0.4, -0.2) is 21.7 Å². The van der Waals surface area contributed by atoms with Gasteiger partial charge in [0, 0.05) is 6.42 Å². The monoisotopic (exact) mass is 178 g/mol. The van der Waals surface area contributed by atoms with Gasteiger partial charge >= 0.3 is 0 Å². The zero-order chi connectivity index (χ0) is 9.10. The van der Waals surface area contributed by atoms with Crippen LogP contribution in [0.5, 0.6) is 0 Å². The summed E-state index contributed by atoms with van der Waals surface area (Å²) in [5.74, 6) is 1.45. The van der Waals surface area contributed by atoms with Gasteiger partial charge in [0.05, 0.1) is 11.8 Å². The van der Waals surface area contributed by atoms with Crippen molar-refractivity contribution < 1.29 is 4.42 Å². The maximum absolute atomic E-state index is 5.38. The first-order valence-corrected chi connectivity index (χ1v) is 4.04. The molecule has 2 aromatic heterocycles. The summed E-state index contributed by atoms with van der Waals surface area (Å²) in [5.41, 5.74) is 6.26. The Bertz CT molecular complexity index is 365. The smallest absolute Gasteiger partial charge is 0.184 e. The van der Waals surface area contributed by atoms with Gasteiger partial charge in [0.15, 0.2) is 5.82 Å². The third-order valence-corrected chi connectivity index (χ3v) is 1.69. The second-order valence-corrected chi connectivity index (χ2v) is 2.66. The minimum atomic E-state index is 0.569. The summed E-state index contributed by atoms with van der Waals surface area (Å²) in [7, 11) is 0. The van der Waals surface area contributed by atoms with Gasteiger partial charge < -0.3 is 10.2 Å². The Kier molecular flexibility index (Phi) is 2.09. The van der Waals surface area contributed by atoms with Crippen LogP contribution >= 0.6 is 0 Å². The summed E-state index contributed by atoms with van der Waals surface area (Å²) >= 11 is 0. The molecule has 0 radical (unpaired) electrons. The Morgan fingerprint density at radius 3 is 3.15 bits per heavy atom. The maximum Gasteiger partial charge on any atom is 0.184 e. The predicted octanol–water partition coefficient (Wildman–Crippen LogP) is 0.566. The lowest BCUT2D eigenvalue weighted by atomic mass is 10.3. The van der Waals surface area contributed by atoms with Gasteiger partial charge in [0.1, 0.15) is 12.1 Å². The van der Waals surface area contributed by atoms with Crippen molar-refractivity contribution in [3.8, 4) is 11.4 Å². The molecule has 2 rings (SSSR count). The number of hydrogen-bond donors (Lipinski definition) is 2. The van der Waals surface area contributed by atoms with Crippen molar-refractivity contribution in [1.82, 2.24) is 15.2 Å². The number of nitrogens with zero attached hydrogens (tertiary/aromatic N) is 2. The predicted molar refractivity (Wildman–Crippen MR) is 46.8 cm³/mol. The van der Waals surface area contributed by atoms with Crippen LogP contribution in [0.3, 0.4) is 0 Å². The molecule has 0 saturated heterocycles. The SMILES string of the molecule is NCCc1nc(-c2ccoc2)n[nH]1. The molecule has 2 heterocycles. The Hall–Kier alpha value is -1.62. The van der Waals surface area contributed by atoms with Crippen LogP contribution in [-0.2, 0) is 6.42 Å². The zero-order valence-electron chi connectivity index (χ0n) is 7.03. The second-order valence-electron chi connectivity index (χ2n) is 2.66. The van der Waals surface area contributed by atoms with Gasteiger partial charge in [-0.15, -0.1) is 0 Å². The second kappa shape index (κ2) is 3.40. The highest BCUT2D eigenvalue weighted by Crippen LogP contribution is 2.14. The van der Waals surface area contributed by atoms with E-state index in [-0.39, 0.29) is 0 Å². The largest absolute Gasteiger partial charge is 0.472 e. The van der Waals surface area contributed by atoms with Gasteiger partial charge in [-0.2, -0.15) is 5.10 Å². The number of rotatable bonds is 3. The van der Waals surface area contributed by atoms with Gasteiger partial charge in [0.2, 0.25) is 0 Å². The van der Waals surface area contributed by atoms with Crippen LogP contribution in [0.1, 0.15) is 5.82 Å². The van der Waals surface area contributed by atoms with E-state index < -0.39 is 0 Å². The van der Waals surface area contributed by atoms with Gasteiger partial charge in [-0.05, 0) is 12.6 Å². The number of nitrogens with two attached hydrogens (primary N) is 1. The summed E-state index contributed by atoms with van der Waals surface area (Å²) in [6.07, 6.45) is 3.91. The molecule has 68 valence electrons. The van der Waals surface area contributed by atoms with E-state index in [4.69, 9.17) is 10.2 Å². The average Bonchev–Trinajstić information content (AvgIpc) is 2.70. The quantitative estimate of drug-likeness (QED) is 0.719. The van der Waals surface area contributed by atoms with E-state index in [1.165, 1.54) is 0 Å². The van der Waals surface area contributed by atoms with Crippen LogP contribution in [0.4, 0.5) is 0 Å². The van der Waals surface area contributed by atoms with Gasteiger partial charge in [-0.25, -0.2) is 4.98 Å². The van der Waals surface area contributed by atoms with Gasteiger partial charge in [0.25, 0.3) is 0 Å². The topological polar surface area (TPSA) is 80.7 Å². The molecule has 2 aromatic rings. The van der Waals surface area contributed by atoms with Crippen molar-refractivity contribution in [2.45, 2.75) is 6.42 Å². The van der Waals surface area contributed by atoms with Crippen molar-refractivity contribution >= 4 is 0 Å². The molecule has 0 spiro atoms. The standard InChI is InChI=1S/C8H10N4O/c9-3-1-7-10-8(12-11-7)6-2-4-13-5-6/h2,4-5H,1,3,9H2,(H,10,11,12). The molecule has 0 atom stereocenters. The fraction of sp³-hybridized carbons (Fsp3) is 0.250. The Morgan fingerprint density at radius 2 is 2.46 bits per heavy atom. The lowest BCUT2D eigenvalue weighted by Gasteiger charge is -1.86. The van der Waals surface area contributed by atoms with Crippen molar-refractivity contribution in [3.63, 3.8) is 0 Å². The first-order chi connectivity index (χ1) is 6.40. The summed E-state index contributed by atoms with van der Waals surface area (Å²) in [6, 6.07) is 1.81. The fourth-order valence-electron chi connectivity index (χ4n) is 1.06. The van der Waals surface area contributed by atoms with E-state index in [0.29, 0.717) is 18.8 Å². The number of hydrogen-bond acceptors (Lipinski definition) is 4. The van der Waals surface area contributed by atoms with Gasteiger partial charge in [-0.3, -0.25) is 5.10 Å². The van der Waals surface area contributed by atoms with E-state index in [9.17, 15) is 0 Å². The van der Waals surface area contributed by atoms with Crippen molar-refractivity contribution in [1.29, 1.82) is 0 Å². The first kappa shape index (κ1) is 8.00. The first-order valence-electron chi connectivity index (χ1n) is 4.04. The third kappa shape index (κ3) is 1.59. The molecule has 0 bridgehead atoms. The molecule has 13 heavy (non-hydrogen) atoms. The fourth-order valence-corrected chi connectivity index (χ4v) is 1.06. The number of aromatic nitrogens is 3. The molecule has 0 aliphatic carbocycles. The summed E-state index contributed by atoms with van der Waals surface area (Å²) in [4.78, 5) is 4.24. The van der Waals surface area contributed by atoms with Crippen molar-refractivity contribution in [3.05, 3.63) is 24.4 Å². The molecular formula is C8H10N4O. The number of H-pyrrole nitrogens is 1. The summed E-state index contributed by atoms with van der Waals surface area (Å²) < 4.78 is 4.92. The Balaban J connectivity index is 2.23. The van der Waals surface area contributed by atoms with E-state index in [1.807, 2.05) is 6.07 Å². The van der Waals surface area contributed by atoms with Crippen LogP contribution in [0.25, 0.3) is 11.4 Å². The molecule has 0 amide bonds. The molecule has 0 unspecified atom stereocenters. The van der Waals surface area contributed by atoms with Crippen LogP contribution in [0, 0.1) is 0 Å². The van der Waals surface area contributed by atoms with Crippen LogP contribution in [0.2, 0.25) is 0 Å². The number of nitrogens with one attached hydrogen (secondary N) is 1. The maximum atomic E-state index is 5.38. The molecule has 0 aliphatic heterocycles. The minimum absolute atomic E-state index is 0.569. The molecule has 0 fully saturated rings. The van der Waals surface area contributed by atoms with E-state index in [2.05, 4.69) is 15.2 Å². The average molecular weight is 178 g/mol. The number of aromatic amines is 1. The molecule has 5 nitrogen and oxygen atoms in total. The zero-order valence-corrected chi connectivity index (χ0v) is 7.03. The summed E-state index contributed by atoms with van der Waals surface area (Å²) in [5, 5.41) is 6.84. The third-order valence-electron chi connectivity index (χ3n) is 1.69. The highest BCUT2D eigenvalue weighted by atomic mass is 16.3. The minimum Gasteiger partial charge on any atom is -0.472 e.